The summed E-state index contributed by atoms with van der Waals surface area (Å²) in [6.45, 7) is 4.65. The second-order valence-corrected chi connectivity index (χ2v) is 23.8. The Labute approximate surface area is 493 Å². The van der Waals surface area contributed by atoms with Crippen LogP contribution in [-0.2, 0) is 18.4 Å². The lowest BCUT2D eigenvalue weighted by Gasteiger charge is -2.25. The van der Waals surface area contributed by atoms with Gasteiger partial charge in [-0.1, -0.05) is 275 Å². The van der Waals surface area contributed by atoms with Crippen molar-refractivity contribution in [3.63, 3.8) is 0 Å². The molecule has 0 aliphatic carbocycles. The fourth-order valence-electron chi connectivity index (χ4n) is 8.56. The fraction of sp³-hybridized carbons (Fsp3) is 0.648. The van der Waals surface area contributed by atoms with Crippen molar-refractivity contribution < 1.29 is 32.9 Å². The third kappa shape index (κ3) is 62.0. The number of aliphatic hydroxyl groups is 1. The van der Waals surface area contributed by atoms with Crippen LogP contribution in [0.3, 0.4) is 0 Å². The molecule has 1 amide bonds. The Morgan fingerprint density at radius 1 is 0.438 bits per heavy atom. The highest BCUT2D eigenvalue weighted by Gasteiger charge is 2.27. The van der Waals surface area contributed by atoms with Gasteiger partial charge in [-0.3, -0.25) is 13.8 Å². The lowest BCUT2D eigenvalue weighted by atomic mass is 10.0. The highest BCUT2D eigenvalue weighted by molar-refractivity contribution is 7.47. The van der Waals surface area contributed by atoms with Gasteiger partial charge in [0.25, 0.3) is 0 Å². The van der Waals surface area contributed by atoms with Gasteiger partial charge < -0.3 is 19.8 Å². The van der Waals surface area contributed by atoms with Crippen molar-refractivity contribution in [1.82, 2.24) is 5.32 Å². The second kappa shape index (κ2) is 60.0. The molecule has 3 N–H and O–H groups in total. The number of likely N-dealkylation sites (N-methyl/N-ethyl adjacent to an activating group) is 1. The van der Waals surface area contributed by atoms with Crippen molar-refractivity contribution >= 4 is 13.7 Å². The van der Waals surface area contributed by atoms with Crippen LogP contribution in [0.25, 0.3) is 0 Å². The molecule has 0 saturated carbocycles. The lowest BCUT2D eigenvalue weighted by molar-refractivity contribution is -0.870. The predicted molar refractivity (Wildman–Crippen MR) is 350 cm³/mol. The van der Waals surface area contributed by atoms with E-state index in [2.05, 4.69) is 153 Å². The number of amides is 1. The minimum atomic E-state index is -4.38. The van der Waals surface area contributed by atoms with Crippen LogP contribution in [0.15, 0.2) is 146 Å². The van der Waals surface area contributed by atoms with E-state index in [4.69, 9.17) is 9.05 Å². The van der Waals surface area contributed by atoms with Gasteiger partial charge in [-0.15, -0.1) is 0 Å². The van der Waals surface area contributed by atoms with Crippen LogP contribution >= 0.6 is 7.82 Å². The summed E-state index contributed by atoms with van der Waals surface area (Å²) in [7, 11) is 1.51. The fourth-order valence-corrected chi connectivity index (χ4v) is 9.29. The zero-order chi connectivity index (χ0) is 58.4. The normalized spacial score (nSPS) is 14.7. The molecule has 0 aliphatic heterocycles. The maximum atomic E-state index is 13.0. The SMILES string of the molecule is CC/C=C\C/C=C\C/C=C\C/C=C\C/C=C\C/C=C\C/C=C\C/C=C\C/C=C\C/C=C\CCCCC(=O)NC(COP(=O)(O)OCC[N+](C)(C)C)C(O)/C=C/CC/C=C/CCCCCCCCCCCCCCCCCCCCC. The molecule has 0 aromatic heterocycles. The summed E-state index contributed by atoms with van der Waals surface area (Å²) in [5.74, 6) is -0.233. The smallest absolute Gasteiger partial charge is 0.387 e. The van der Waals surface area contributed by atoms with Crippen LogP contribution in [0.1, 0.15) is 245 Å². The van der Waals surface area contributed by atoms with Crippen molar-refractivity contribution in [3.8, 4) is 0 Å². The summed E-state index contributed by atoms with van der Waals surface area (Å²) >= 11 is 0. The van der Waals surface area contributed by atoms with Crippen LogP contribution in [0.5, 0.6) is 0 Å². The van der Waals surface area contributed by atoms with Crippen LogP contribution in [0.2, 0.25) is 0 Å². The number of hydrogen-bond acceptors (Lipinski definition) is 5. The number of unbranched alkanes of at least 4 members (excludes halogenated alkanes) is 22. The van der Waals surface area contributed by atoms with E-state index >= 15 is 0 Å². The summed E-state index contributed by atoms with van der Waals surface area (Å²) in [5.41, 5.74) is 0. The van der Waals surface area contributed by atoms with E-state index in [-0.39, 0.29) is 25.5 Å². The molecule has 3 atom stereocenters. The largest absolute Gasteiger partial charge is 0.472 e. The van der Waals surface area contributed by atoms with Gasteiger partial charge in [-0.05, 0) is 109 Å². The summed E-state index contributed by atoms with van der Waals surface area (Å²) in [6, 6.07) is -0.900. The molecule has 0 fully saturated rings. The van der Waals surface area contributed by atoms with E-state index in [1.807, 2.05) is 27.2 Å². The highest BCUT2D eigenvalue weighted by atomic mass is 31.2. The molecule has 0 radical (unpaired) electrons. The van der Waals surface area contributed by atoms with Crippen LogP contribution in [0, 0.1) is 0 Å². The zero-order valence-electron chi connectivity index (χ0n) is 52.0. The maximum Gasteiger partial charge on any atom is 0.472 e. The monoisotopic (exact) mass is 1130 g/mol. The van der Waals surface area contributed by atoms with Gasteiger partial charge in [0, 0.05) is 6.42 Å². The molecule has 0 heterocycles. The van der Waals surface area contributed by atoms with E-state index in [0.29, 0.717) is 17.4 Å². The molecule has 9 heteroatoms. The summed E-state index contributed by atoms with van der Waals surface area (Å²) in [4.78, 5) is 23.3. The number of nitrogens with one attached hydrogen (secondary N) is 1. The summed E-state index contributed by atoms with van der Waals surface area (Å²) in [5, 5.41) is 13.9. The average molecular weight is 1130 g/mol. The summed E-state index contributed by atoms with van der Waals surface area (Å²) < 4.78 is 23.7. The number of aliphatic hydroxyl groups excluding tert-OH is 1. The number of allylic oxidation sites excluding steroid dienone is 23. The molecule has 0 saturated heterocycles. The molecule has 0 aromatic carbocycles. The third-order valence-corrected chi connectivity index (χ3v) is 14.5. The van der Waals surface area contributed by atoms with E-state index in [9.17, 15) is 19.4 Å². The molecule has 0 aromatic rings. The molecule has 456 valence electrons. The molecule has 0 aliphatic rings. The zero-order valence-corrected chi connectivity index (χ0v) is 52.9. The lowest BCUT2D eigenvalue weighted by Crippen LogP contribution is -2.45. The number of nitrogens with zero attached hydrogens (tertiary/aromatic N) is 1. The first-order chi connectivity index (χ1) is 39.0. The number of carbonyl (C=O) groups is 1. The predicted octanol–water partition coefficient (Wildman–Crippen LogP) is 20.4. The van der Waals surface area contributed by atoms with Gasteiger partial charge in [0.05, 0.1) is 39.9 Å². The second-order valence-electron chi connectivity index (χ2n) is 22.4. The average Bonchev–Trinajstić information content (AvgIpc) is 3.42. The molecule has 0 spiro atoms. The number of phosphoric ester groups is 1. The van der Waals surface area contributed by atoms with Gasteiger partial charge >= 0.3 is 7.82 Å². The molecule has 3 unspecified atom stereocenters. The van der Waals surface area contributed by atoms with Crippen LogP contribution < -0.4 is 5.32 Å². The first-order valence-electron chi connectivity index (χ1n) is 32.2. The van der Waals surface area contributed by atoms with E-state index < -0.39 is 20.0 Å². The molecule has 0 rings (SSSR count). The minimum Gasteiger partial charge on any atom is -0.387 e. The Bertz CT molecular complexity index is 1810. The van der Waals surface area contributed by atoms with Crippen molar-refractivity contribution in [2.75, 3.05) is 40.9 Å². The van der Waals surface area contributed by atoms with E-state index in [1.54, 1.807) is 6.08 Å². The number of quaternary nitrogens is 1. The van der Waals surface area contributed by atoms with Gasteiger partial charge in [-0.2, -0.15) is 0 Å². The Morgan fingerprint density at radius 3 is 1.15 bits per heavy atom. The molecular formula is C71H122N2O6P+. The maximum absolute atomic E-state index is 13.0. The standard InChI is InChI=1S/C71H121N2O6P/c1-6-8-10-12-14-16-18-20-22-24-26-28-30-32-33-34-35-36-37-38-39-41-43-45-47-49-51-53-55-57-59-61-63-65-71(75)72-69(68-79-80(76,77)78-67-66-73(3,4)5)70(74)64-62-60-58-56-54-52-50-48-46-44-42-40-31-29-27-25-23-21-19-17-15-13-11-9-7-2/h8,10,14,16,20,22,26,28,32-33,35-36,38-39,43,45,49,51,54-57,62,64,69-70,74H,6-7,9,11-13,15,17-19,21,23-25,27,29-31,34,37,40-42,44,46-48,50,52-53,58-61,63,65-68H2,1-5H3,(H-,72,75,76,77)/p+1/b10-8-,16-14-,22-20-,28-26-,33-32-,36-35-,39-38-,45-43-,51-49-,56-54+,57-55-,64-62+. The topological polar surface area (TPSA) is 105 Å². The molecule has 80 heavy (non-hydrogen) atoms. The number of hydrogen-bond donors (Lipinski definition) is 3. The van der Waals surface area contributed by atoms with Gasteiger partial charge in [0.1, 0.15) is 13.2 Å². The molecular weight excluding hydrogens is 1010 g/mol. The quantitative estimate of drug-likeness (QED) is 0.0243. The van der Waals surface area contributed by atoms with E-state index in [1.165, 1.54) is 122 Å². The van der Waals surface area contributed by atoms with Crippen molar-refractivity contribution in [3.05, 3.63) is 146 Å². The van der Waals surface area contributed by atoms with Gasteiger partial charge in [0.2, 0.25) is 5.91 Å². The van der Waals surface area contributed by atoms with Gasteiger partial charge in [0.15, 0.2) is 0 Å². The Morgan fingerprint density at radius 2 is 0.762 bits per heavy atom. The molecule has 0 bridgehead atoms. The van der Waals surface area contributed by atoms with Crippen LogP contribution in [-0.4, -0.2) is 73.4 Å². The molecule has 8 nitrogen and oxygen atoms in total. The van der Waals surface area contributed by atoms with Crippen LogP contribution in [0.4, 0.5) is 0 Å². The number of phosphoric acid groups is 1. The van der Waals surface area contributed by atoms with E-state index in [0.717, 1.165) is 96.3 Å². The first-order valence-corrected chi connectivity index (χ1v) is 33.7. The highest BCUT2D eigenvalue weighted by Crippen LogP contribution is 2.43. The Kier molecular flexibility index (Phi) is 57.3. The number of rotatable bonds is 57. The summed E-state index contributed by atoms with van der Waals surface area (Å²) in [6.07, 6.45) is 92.6. The Balaban J connectivity index is 4.33. The third-order valence-electron chi connectivity index (χ3n) is 13.5. The van der Waals surface area contributed by atoms with Crippen molar-refractivity contribution in [2.45, 2.75) is 257 Å². The number of carbonyl (C=O) groups excluding carboxylic acids is 1. The van der Waals surface area contributed by atoms with Crippen molar-refractivity contribution in [1.29, 1.82) is 0 Å². The first kappa shape index (κ1) is 76.4. The minimum absolute atomic E-state index is 0.0393. The van der Waals surface area contributed by atoms with Crippen molar-refractivity contribution in [2.24, 2.45) is 0 Å². The van der Waals surface area contributed by atoms with Gasteiger partial charge in [-0.25, -0.2) is 4.57 Å². The Hall–Kier alpha value is -3.62.